The Kier molecular flexibility index (Phi) is 14.0. The lowest BCUT2D eigenvalue weighted by Crippen LogP contribution is -2.54. The van der Waals surface area contributed by atoms with Gasteiger partial charge in [-0.3, -0.25) is 0 Å². The average Bonchev–Trinajstić information content (AvgIpc) is 2.64. The van der Waals surface area contributed by atoms with E-state index in [0.717, 1.165) is 90.3 Å². The molecule has 0 N–H and O–H groups in total. The predicted molar refractivity (Wildman–Crippen MR) is 135 cm³/mol. The molecule has 0 aliphatic carbocycles. The molecule has 2 rings (SSSR count). The van der Waals surface area contributed by atoms with Gasteiger partial charge in [-0.05, 0) is 65.5 Å². The van der Waals surface area contributed by atoms with E-state index in [1.165, 1.54) is 0 Å². The molecule has 6 nitrogen and oxygen atoms in total. The van der Waals surface area contributed by atoms with E-state index in [-0.39, 0.29) is 24.4 Å². The van der Waals surface area contributed by atoms with Crippen LogP contribution in [0, 0.1) is 11.8 Å². The Morgan fingerprint density at radius 3 is 1.39 bits per heavy atom. The first kappa shape index (κ1) is 29.2. The summed E-state index contributed by atoms with van der Waals surface area (Å²) < 4.78 is 37.7. The molecule has 33 heavy (non-hydrogen) atoms. The van der Waals surface area contributed by atoms with Gasteiger partial charge in [0.15, 0.2) is 0 Å². The first-order chi connectivity index (χ1) is 15.9. The molecule has 0 spiro atoms. The molecule has 0 radical (unpaired) electrons. The van der Waals surface area contributed by atoms with E-state index in [2.05, 4.69) is 41.5 Å². The van der Waals surface area contributed by atoms with Crippen LogP contribution in [0.3, 0.4) is 0 Å². The van der Waals surface area contributed by atoms with Gasteiger partial charge in [-0.1, -0.05) is 26.7 Å². The van der Waals surface area contributed by atoms with Gasteiger partial charge in [0, 0.05) is 50.5 Å². The van der Waals surface area contributed by atoms with Crippen molar-refractivity contribution in [1.29, 1.82) is 0 Å². The summed E-state index contributed by atoms with van der Waals surface area (Å²) in [4.78, 5) is 0. The second-order valence-corrected chi connectivity index (χ2v) is 13.5. The van der Waals surface area contributed by atoms with Gasteiger partial charge in [-0.15, -0.1) is 0 Å². The quantitative estimate of drug-likeness (QED) is 0.161. The lowest BCUT2D eigenvalue weighted by molar-refractivity contribution is -0.104. The van der Waals surface area contributed by atoms with Gasteiger partial charge in [0.1, 0.15) is 0 Å². The van der Waals surface area contributed by atoms with Crippen molar-refractivity contribution in [3.63, 3.8) is 0 Å². The summed E-state index contributed by atoms with van der Waals surface area (Å²) >= 11 is 0. The van der Waals surface area contributed by atoms with Crippen molar-refractivity contribution in [2.24, 2.45) is 11.8 Å². The molecule has 4 unspecified atom stereocenters. The maximum absolute atomic E-state index is 6.80. The summed E-state index contributed by atoms with van der Waals surface area (Å²) in [7, 11) is -2.60. The molecule has 2 fully saturated rings. The SMILES string of the molecule is CCCCOCC(C[Si](CC(COCCCC)C1CCO1)(OC(C)C)OC(C)C)C1CCO1. The third kappa shape index (κ3) is 10.6. The fraction of sp³-hybridized carbons (Fsp3) is 1.00. The van der Waals surface area contributed by atoms with Crippen molar-refractivity contribution in [3.05, 3.63) is 0 Å². The molecule has 0 aromatic carbocycles. The summed E-state index contributed by atoms with van der Waals surface area (Å²) in [5, 5.41) is 0. The molecule has 4 atom stereocenters. The third-order valence-electron chi connectivity index (χ3n) is 6.52. The molecule has 0 aromatic heterocycles. The second kappa shape index (κ2) is 15.9. The molecular formula is C26H52O6Si. The minimum atomic E-state index is -2.60. The molecule has 2 aliphatic rings. The average molecular weight is 489 g/mol. The highest BCUT2D eigenvalue weighted by atomic mass is 28.4. The zero-order valence-electron chi connectivity index (χ0n) is 22.3. The molecule has 2 saturated heterocycles. The second-order valence-electron chi connectivity index (χ2n) is 10.4. The monoisotopic (exact) mass is 488 g/mol. The highest BCUT2D eigenvalue weighted by Gasteiger charge is 2.48. The molecule has 196 valence electrons. The summed E-state index contributed by atoms with van der Waals surface area (Å²) in [6.07, 6.45) is 7.44. The van der Waals surface area contributed by atoms with Gasteiger partial charge in [-0.25, -0.2) is 0 Å². The summed E-state index contributed by atoms with van der Waals surface area (Å²) in [5.41, 5.74) is 0. The number of hydrogen-bond donors (Lipinski definition) is 0. The van der Waals surface area contributed by atoms with Gasteiger partial charge in [0.2, 0.25) is 0 Å². The Hall–Kier alpha value is -0.0231. The van der Waals surface area contributed by atoms with Crippen molar-refractivity contribution in [2.75, 3.05) is 39.6 Å². The van der Waals surface area contributed by atoms with E-state index in [1.54, 1.807) is 0 Å². The van der Waals surface area contributed by atoms with Crippen molar-refractivity contribution < 1.29 is 27.8 Å². The standard InChI is InChI=1S/C26H52O6Si/c1-7-9-13-27-17-23(25-11-15-29-25)19-33(31-21(3)4,32-22(5)6)20-24(26-12-16-30-26)18-28-14-10-8-2/h21-26H,7-20H2,1-6H3. The van der Waals surface area contributed by atoms with Crippen molar-refractivity contribution in [2.45, 2.75) is 117 Å². The van der Waals surface area contributed by atoms with Crippen molar-refractivity contribution in [1.82, 2.24) is 0 Å². The van der Waals surface area contributed by atoms with Crippen molar-refractivity contribution in [3.8, 4) is 0 Å². The van der Waals surface area contributed by atoms with E-state index in [0.29, 0.717) is 11.8 Å². The largest absolute Gasteiger partial charge is 0.392 e. The molecule has 0 amide bonds. The maximum atomic E-state index is 6.80. The maximum Gasteiger partial charge on any atom is 0.339 e. The Balaban J connectivity index is 2.18. The van der Waals surface area contributed by atoms with E-state index in [1.807, 2.05) is 0 Å². The molecule has 0 saturated carbocycles. The first-order valence-electron chi connectivity index (χ1n) is 13.6. The summed E-state index contributed by atoms with van der Waals surface area (Å²) in [6.45, 7) is 17.7. The topological polar surface area (TPSA) is 55.4 Å². The number of rotatable bonds is 20. The Labute approximate surface area is 204 Å². The Bertz CT molecular complexity index is 451. The molecular weight excluding hydrogens is 436 g/mol. The smallest absolute Gasteiger partial charge is 0.339 e. The van der Waals surface area contributed by atoms with Crippen LogP contribution < -0.4 is 0 Å². The van der Waals surface area contributed by atoms with Crippen LogP contribution in [0.15, 0.2) is 0 Å². The van der Waals surface area contributed by atoms with Gasteiger partial charge in [0.25, 0.3) is 0 Å². The number of hydrogen-bond acceptors (Lipinski definition) is 6. The lowest BCUT2D eigenvalue weighted by Gasteiger charge is -2.44. The van der Waals surface area contributed by atoms with Crippen LogP contribution in [0.1, 0.15) is 80.1 Å². The van der Waals surface area contributed by atoms with Crippen LogP contribution in [0.5, 0.6) is 0 Å². The molecule has 0 aromatic rings. The number of unbranched alkanes of at least 4 members (excludes halogenated alkanes) is 2. The third-order valence-corrected chi connectivity index (χ3v) is 10.6. The van der Waals surface area contributed by atoms with Crippen LogP contribution in [0.4, 0.5) is 0 Å². The lowest BCUT2D eigenvalue weighted by atomic mass is 9.99. The van der Waals surface area contributed by atoms with Gasteiger partial charge in [0.05, 0.1) is 25.4 Å². The van der Waals surface area contributed by atoms with Gasteiger partial charge in [-0.2, -0.15) is 0 Å². The van der Waals surface area contributed by atoms with Gasteiger partial charge >= 0.3 is 8.56 Å². The number of ether oxygens (including phenoxy) is 4. The summed E-state index contributed by atoms with van der Waals surface area (Å²) in [6, 6.07) is 1.80. The van der Waals surface area contributed by atoms with E-state index >= 15 is 0 Å². The van der Waals surface area contributed by atoms with Crippen LogP contribution in [-0.4, -0.2) is 72.6 Å². The predicted octanol–water partition coefficient (Wildman–Crippen LogP) is 5.72. The summed E-state index contributed by atoms with van der Waals surface area (Å²) in [5.74, 6) is 0.618. The van der Waals surface area contributed by atoms with E-state index < -0.39 is 8.56 Å². The Morgan fingerprint density at radius 1 is 0.727 bits per heavy atom. The fourth-order valence-electron chi connectivity index (χ4n) is 4.77. The first-order valence-corrected chi connectivity index (χ1v) is 15.9. The molecule has 7 heteroatoms. The minimum Gasteiger partial charge on any atom is -0.392 e. The van der Waals surface area contributed by atoms with Crippen LogP contribution in [-0.2, 0) is 27.8 Å². The highest BCUT2D eigenvalue weighted by molar-refractivity contribution is 6.67. The van der Waals surface area contributed by atoms with E-state index in [4.69, 9.17) is 27.8 Å². The normalized spacial score (nSPS) is 22.9. The van der Waals surface area contributed by atoms with Crippen LogP contribution in [0.25, 0.3) is 0 Å². The van der Waals surface area contributed by atoms with E-state index in [9.17, 15) is 0 Å². The zero-order chi connectivity index (χ0) is 24.1. The zero-order valence-corrected chi connectivity index (χ0v) is 23.3. The molecule has 0 bridgehead atoms. The van der Waals surface area contributed by atoms with Crippen LogP contribution in [0.2, 0.25) is 12.1 Å². The fourth-order valence-corrected chi connectivity index (χ4v) is 9.46. The Morgan fingerprint density at radius 2 is 1.12 bits per heavy atom. The van der Waals surface area contributed by atoms with Gasteiger partial charge < -0.3 is 27.8 Å². The minimum absolute atomic E-state index is 0.114. The van der Waals surface area contributed by atoms with Crippen LogP contribution >= 0.6 is 0 Å². The van der Waals surface area contributed by atoms with Crippen molar-refractivity contribution >= 4 is 8.56 Å². The highest BCUT2D eigenvalue weighted by Crippen LogP contribution is 2.38. The molecule has 2 heterocycles. The molecule has 2 aliphatic heterocycles.